The lowest BCUT2D eigenvalue weighted by molar-refractivity contribution is -0.139. The molecule has 1 saturated heterocycles. The first-order valence-corrected chi connectivity index (χ1v) is 10.0. The van der Waals surface area contributed by atoms with Gasteiger partial charge in [-0.2, -0.15) is 0 Å². The van der Waals surface area contributed by atoms with Crippen molar-refractivity contribution >= 4 is 36.6 Å². The molecule has 3 N–H and O–H groups in total. The van der Waals surface area contributed by atoms with E-state index in [1.165, 1.54) is 6.42 Å². The number of hydrogen-bond donors (Lipinski definition) is 2. The summed E-state index contributed by atoms with van der Waals surface area (Å²) in [7, 11) is 0. The number of rotatable bonds is 5. The van der Waals surface area contributed by atoms with E-state index in [1.807, 2.05) is 11.8 Å². The number of carbonyl (C=O) groups is 2. The molecule has 158 valence electrons. The van der Waals surface area contributed by atoms with Gasteiger partial charge in [-0.3, -0.25) is 14.5 Å². The van der Waals surface area contributed by atoms with E-state index in [1.54, 1.807) is 0 Å². The fourth-order valence-corrected chi connectivity index (χ4v) is 4.35. The molecule has 1 heterocycles. The molecule has 8 heteroatoms. The Morgan fingerprint density at radius 3 is 2.26 bits per heavy atom. The molecule has 0 bridgehead atoms. The van der Waals surface area contributed by atoms with Crippen molar-refractivity contribution in [2.75, 3.05) is 39.3 Å². The monoisotopic (exact) mass is 422 g/mol. The van der Waals surface area contributed by atoms with Crippen LogP contribution in [0.25, 0.3) is 0 Å². The number of carbonyl (C=O) groups excluding carboxylic acids is 2. The van der Waals surface area contributed by atoms with E-state index in [0.717, 1.165) is 71.2 Å². The van der Waals surface area contributed by atoms with Gasteiger partial charge in [0.25, 0.3) is 0 Å². The number of nitrogens with zero attached hydrogens (tertiary/aromatic N) is 2. The fraction of sp³-hybridized carbons (Fsp3) is 0.895. The molecule has 0 radical (unpaired) electrons. The van der Waals surface area contributed by atoms with Gasteiger partial charge in [0.15, 0.2) is 0 Å². The van der Waals surface area contributed by atoms with Gasteiger partial charge in [-0.25, -0.2) is 0 Å². The lowest BCUT2D eigenvalue weighted by Crippen LogP contribution is -2.54. The number of halogens is 2. The van der Waals surface area contributed by atoms with Crippen LogP contribution in [0.5, 0.6) is 0 Å². The van der Waals surface area contributed by atoms with E-state index < -0.39 is 0 Å². The Labute approximate surface area is 175 Å². The summed E-state index contributed by atoms with van der Waals surface area (Å²) in [5.74, 6) is 0.715. The smallest absolute Gasteiger partial charge is 0.225 e. The first-order valence-electron chi connectivity index (χ1n) is 10.0. The molecular weight excluding hydrogens is 387 g/mol. The number of piperazine rings is 1. The highest BCUT2D eigenvalue weighted by atomic mass is 35.5. The van der Waals surface area contributed by atoms with Crippen LogP contribution in [0.1, 0.15) is 51.9 Å². The molecule has 2 atom stereocenters. The van der Waals surface area contributed by atoms with Crippen LogP contribution >= 0.6 is 24.8 Å². The summed E-state index contributed by atoms with van der Waals surface area (Å²) < 4.78 is 0. The average Bonchev–Trinajstić information content (AvgIpc) is 2.53. The summed E-state index contributed by atoms with van der Waals surface area (Å²) >= 11 is 0. The molecular formula is C19H36Cl2N4O2. The van der Waals surface area contributed by atoms with Crippen molar-refractivity contribution in [3.05, 3.63) is 0 Å². The molecule has 1 aliphatic heterocycles. The van der Waals surface area contributed by atoms with Crippen molar-refractivity contribution in [3.8, 4) is 0 Å². The maximum atomic E-state index is 12.4. The van der Waals surface area contributed by atoms with Gasteiger partial charge in [-0.05, 0) is 32.6 Å². The standard InChI is InChI=1S/C19H34N4O2.2ClH/c1-19(20)8-3-2-7-16(19)17(24)21-9-10-22-11-13-23(14-12-22)18(25)15-5-4-6-15;;/h15-16H,2-14,20H2,1H3,(H,21,24);2*1H. The molecule has 3 rings (SSSR count). The molecule has 0 aromatic heterocycles. The Kier molecular flexibility index (Phi) is 9.83. The summed E-state index contributed by atoms with van der Waals surface area (Å²) in [6.07, 6.45) is 7.42. The SMILES string of the molecule is CC1(N)CCCCC1C(=O)NCCN1CCN(C(=O)C2CCC2)CC1.Cl.Cl. The minimum Gasteiger partial charge on any atom is -0.355 e. The van der Waals surface area contributed by atoms with Gasteiger partial charge >= 0.3 is 0 Å². The molecule has 3 aliphatic rings. The fourth-order valence-electron chi connectivity index (χ4n) is 4.35. The minimum absolute atomic E-state index is 0. The molecule has 0 aromatic rings. The third kappa shape index (κ3) is 6.21. The number of amides is 2. The third-order valence-corrected chi connectivity index (χ3v) is 6.44. The van der Waals surface area contributed by atoms with E-state index in [2.05, 4.69) is 10.2 Å². The van der Waals surface area contributed by atoms with Gasteiger partial charge in [-0.15, -0.1) is 24.8 Å². The summed E-state index contributed by atoms with van der Waals surface area (Å²) in [5, 5.41) is 3.08. The van der Waals surface area contributed by atoms with Gasteiger partial charge in [0, 0.05) is 50.7 Å². The number of hydrogen-bond acceptors (Lipinski definition) is 4. The van der Waals surface area contributed by atoms with Crippen LogP contribution in [-0.2, 0) is 9.59 Å². The first kappa shape index (κ1) is 24.5. The lowest BCUT2D eigenvalue weighted by atomic mass is 9.74. The van der Waals surface area contributed by atoms with Gasteiger partial charge in [0.05, 0.1) is 5.92 Å². The summed E-state index contributed by atoms with van der Waals surface area (Å²) in [4.78, 5) is 29.1. The van der Waals surface area contributed by atoms with E-state index in [0.29, 0.717) is 18.4 Å². The highest BCUT2D eigenvalue weighted by Gasteiger charge is 2.37. The summed E-state index contributed by atoms with van der Waals surface area (Å²) in [5.41, 5.74) is 5.95. The number of nitrogens with one attached hydrogen (secondary N) is 1. The van der Waals surface area contributed by atoms with Gasteiger partial charge in [-0.1, -0.05) is 19.3 Å². The topological polar surface area (TPSA) is 78.7 Å². The Balaban J connectivity index is 0.00000182. The molecule has 2 unspecified atom stereocenters. The van der Waals surface area contributed by atoms with Crippen molar-refractivity contribution in [1.29, 1.82) is 0 Å². The highest BCUT2D eigenvalue weighted by molar-refractivity contribution is 5.85. The van der Waals surface area contributed by atoms with Crippen molar-refractivity contribution < 1.29 is 9.59 Å². The van der Waals surface area contributed by atoms with Crippen LogP contribution < -0.4 is 11.1 Å². The maximum Gasteiger partial charge on any atom is 0.225 e. The zero-order chi connectivity index (χ0) is 17.9. The predicted octanol–water partition coefficient (Wildman–Crippen LogP) is 1.80. The van der Waals surface area contributed by atoms with E-state index in [4.69, 9.17) is 5.73 Å². The van der Waals surface area contributed by atoms with Crippen LogP contribution in [0.4, 0.5) is 0 Å². The summed E-state index contributed by atoms with van der Waals surface area (Å²) in [6, 6.07) is 0. The van der Waals surface area contributed by atoms with E-state index >= 15 is 0 Å². The van der Waals surface area contributed by atoms with Gasteiger partial charge in [0.1, 0.15) is 0 Å². The van der Waals surface area contributed by atoms with Gasteiger partial charge in [0.2, 0.25) is 11.8 Å². The minimum atomic E-state index is -0.365. The predicted molar refractivity (Wildman–Crippen MR) is 112 cm³/mol. The Hall–Kier alpha value is -0.560. The molecule has 27 heavy (non-hydrogen) atoms. The Morgan fingerprint density at radius 2 is 1.70 bits per heavy atom. The van der Waals surface area contributed by atoms with Gasteiger partial charge < -0.3 is 16.0 Å². The second-order valence-electron chi connectivity index (χ2n) is 8.39. The molecule has 3 fully saturated rings. The van der Waals surface area contributed by atoms with Crippen LogP contribution in [0, 0.1) is 11.8 Å². The van der Waals surface area contributed by atoms with Crippen molar-refractivity contribution in [2.24, 2.45) is 17.6 Å². The van der Waals surface area contributed by atoms with Crippen molar-refractivity contribution in [2.45, 2.75) is 57.4 Å². The molecule has 0 spiro atoms. The van der Waals surface area contributed by atoms with E-state index in [-0.39, 0.29) is 42.2 Å². The van der Waals surface area contributed by atoms with Crippen LogP contribution in [0.2, 0.25) is 0 Å². The average molecular weight is 423 g/mol. The molecule has 6 nitrogen and oxygen atoms in total. The van der Waals surface area contributed by atoms with Crippen LogP contribution in [0.15, 0.2) is 0 Å². The molecule has 2 amide bonds. The summed E-state index contributed by atoms with van der Waals surface area (Å²) in [6.45, 7) is 7.00. The molecule has 2 saturated carbocycles. The normalized spacial score (nSPS) is 29.1. The quantitative estimate of drug-likeness (QED) is 0.707. The largest absolute Gasteiger partial charge is 0.355 e. The first-order chi connectivity index (χ1) is 12.0. The van der Waals surface area contributed by atoms with Crippen LogP contribution in [0.3, 0.4) is 0 Å². The third-order valence-electron chi connectivity index (χ3n) is 6.44. The maximum absolute atomic E-state index is 12.4. The lowest BCUT2D eigenvalue weighted by Gasteiger charge is -2.39. The molecule has 0 aromatic carbocycles. The second-order valence-corrected chi connectivity index (χ2v) is 8.39. The number of nitrogens with two attached hydrogens (primary N) is 1. The zero-order valence-corrected chi connectivity index (χ0v) is 18.1. The second kappa shape index (κ2) is 10.8. The van der Waals surface area contributed by atoms with Crippen molar-refractivity contribution in [1.82, 2.24) is 15.1 Å². The Morgan fingerprint density at radius 1 is 1.04 bits per heavy atom. The van der Waals surface area contributed by atoms with E-state index in [9.17, 15) is 9.59 Å². The van der Waals surface area contributed by atoms with Crippen molar-refractivity contribution in [3.63, 3.8) is 0 Å². The zero-order valence-electron chi connectivity index (χ0n) is 16.5. The highest BCUT2D eigenvalue weighted by Crippen LogP contribution is 2.31. The Bertz CT molecular complexity index is 492. The molecule has 2 aliphatic carbocycles. The van der Waals surface area contributed by atoms with Crippen LogP contribution in [-0.4, -0.2) is 66.4 Å².